The van der Waals surface area contributed by atoms with Gasteiger partial charge in [-0.1, -0.05) is 18.2 Å². The van der Waals surface area contributed by atoms with E-state index in [1.165, 1.54) is 0 Å². The third kappa shape index (κ3) is 3.59. The molecule has 1 aliphatic carbocycles. The average molecular weight is 275 g/mol. The van der Waals surface area contributed by atoms with Crippen LogP contribution in [0.5, 0.6) is 0 Å². The molecule has 1 fully saturated rings. The average Bonchev–Trinajstić information content (AvgIpc) is 3.24. The largest absolute Gasteiger partial charge is 0.466 e. The lowest BCUT2D eigenvalue weighted by Gasteiger charge is -2.23. The van der Waals surface area contributed by atoms with Crippen molar-refractivity contribution < 1.29 is 14.3 Å². The number of benzene rings is 1. The molecule has 0 N–H and O–H groups in total. The van der Waals surface area contributed by atoms with E-state index in [9.17, 15) is 9.59 Å². The number of carbonyl (C=O) groups excluding carboxylic acids is 2. The van der Waals surface area contributed by atoms with Crippen molar-refractivity contribution >= 4 is 11.9 Å². The Balaban J connectivity index is 2.03. The molecule has 0 aromatic heterocycles. The molecule has 0 radical (unpaired) electrons. The number of carbonyl (C=O) groups is 2. The summed E-state index contributed by atoms with van der Waals surface area (Å²) in [4.78, 5) is 25.9. The van der Waals surface area contributed by atoms with E-state index in [1.54, 1.807) is 6.92 Å². The topological polar surface area (TPSA) is 46.6 Å². The lowest BCUT2D eigenvalue weighted by atomic mass is 10.1. The van der Waals surface area contributed by atoms with E-state index in [2.05, 4.69) is 0 Å². The molecule has 1 saturated carbocycles. The lowest BCUT2D eigenvalue weighted by Crippen LogP contribution is -2.35. The quantitative estimate of drug-likeness (QED) is 0.750. The number of esters is 1. The van der Waals surface area contributed by atoms with Crippen LogP contribution in [0, 0.1) is 6.92 Å². The summed E-state index contributed by atoms with van der Waals surface area (Å²) >= 11 is 0. The van der Waals surface area contributed by atoms with Crippen molar-refractivity contribution in [1.82, 2.24) is 4.90 Å². The zero-order chi connectivity index (χ0) is 14.5. The molecule has 20 heavy (non-hydrogen) atoms. The van der Waals surface area contributed by atoms with Gasteiger partial charge in [-0.05, 0) is 38.3 Å². The summed E-state index contributed by atoms with van der Waals surface area (Å²) in [6.45, 7) is 4.55. The third-order valence-corrected chi connectivity index (χ3v) is 3.49. The maximum Gasteiger partial charge on any atom is 0.307 e. The fourth-order valence-corrected chi connectivity index (χ4v) is 2.25. The van der Waals surface area contributed by atoms with Crippen LogP contribution in [0.2, 0.25) is 0 Å². The van der Waals surface area contributed by atoms with Crippen molar-refractivity contribution in [2.45, 2.75) is 39.2 Å². The van der Waals surface area contributed by atoms with Gasteiger partial charge in [0, 0.05) is 18.2 Å². The molecule has 0 aliphatic heterocycles. The van der Waals surface area contributed by atoms with Crippen LogP contribution in [0.1, 0.15) is 42.1 Å². The molecule has 0 saturated heterocycles. The van der Waals surface area contributed by atoms with Gasteiger partial charge in [0.05, 0.1) is 13.0 Å². The number of ether oxygens (including phenoxy) is 1. The molecule has 0 spiro atoms. The molecular weight excluding hydrogens is 254 g/mol. The maximum atomic E-state index is 12.6. The summed E-state index contributed by atoms with van der Waals surface area (Å²) in [5.41, 5.74) is 1.70. The van der Waals surface area contributed by atoms with Crippen LogP contribution in [0.4, 0.5) is 0 Å². The maximum absolute atomic E-state index is 12.6. The Kier molecular flexibility index (Phi) is 4.77. The molecule has 1 aromatic rings. The van der Waals surface area contributed by atoms with Gasteiger partial charge in [-0.2, -0.15) is 0 Å². The summed E-state index contributed by atoms with van der Waals surface area (Å²) in [5, 5.41) is 0. The Hall–Kier alpha value is -1.84. The third-order valence-electron chi connectivity index (χ3n) is 3.49. The second kappa shape index (κ2) is 6.55. The van der Waals surface area contributed by atoms with Gasteiger partial charge in [0.1, 0.15) is 0 Å². The van der Waals surface area contributed by atoms with Gasteiger partial charge < -0.3 is 9.64 Å². The molecule has 4 heteroatoms. The first-order valence-electron chi connectivity index (χ1n) is 7.15. The molecular formula is C16H21NO3. The van der Waals surface area contributed by atoms with Gasteiger partial charge in [0.15, 0.2) is 0 Å². The van der Waals surface area contributed by atoms with Crippen molar-refractivity contribution in [2.75, 3.05) is 13.2 Å². The zero-order valence-corrected chi connectivity index (χ0v) is 12.1. The van der Waals surface area contributed by atoms with Crippen molar-refractivity contribution in [3.05, 3.63) is 35.4 Å². The molecule has 4 nitrogen and oxygen atoms in total. The molecule has 0 unspecified atom stereocenters. The van der Waals surface area contributed by atoms with Crippen molar-refractivity contribution in [3.63, 3.8) is 0 Å². The van der Waals surface area contributed by atoms with Crippen LogP contribution in [0.25, 0.3) is 0 Å². The Morgan fingerprint density at radius 3 is 2.60 bits per heavy atom. The molecule has 108 valence electrons. The van der Waals surface area contributed by atoms with Crippen LogP contribution in [-0.4, -0.2) is 36.0 Å². The van der Waals surface area contributed by atoms with Crippen LogP contribution in [0.15, 0.2) is 24.3 Å². The number of hydrogen-bond donors (Lipinski definition) is 0. The first kappa shape index (κ1) is 14.6. The van der Waals surface area contributed by atoms with Gasteiger partial charge in [-0.25, -0.2) is 0 Å². The molecule has 0 heterocycles. The van der Waals surface area contributed by atoms with Crippen LogP contribution in [-0.2, 0) is 9.53 Å². The highest BCUT2D eigenvalue weighted by molar-refractivity contribution is 5.96. The monoisotopic (exact) mass is 275 g/mol. The predicted octanol–water partition coefficient (Wildman–Crippen LogP) is 2.55. The number of aryl methyl sites for hydroxylation is 1. The van der Waals surface area contributed by atoms with E-state index in [0.29, 0.717) is 13.2 Å². The second-order valence-electron chi connectivity index (χ2n) is 5.10. The summed E-state index contributed by atoms with van der Waals surface area (Å²) in [6.07, 6.45) is 2.32. The van der Waals surface area contributed by atoms with Crippen molar-refractivity contribution in [2.24, 2.45) is 0 Å². The summed E-state index contributed by atoms with van der Waals surface area (Å²) < 4.78 is 4.92. The molecule has 0 atom stereocenters. The number of hydrogen-bond acceptors (Lipinski definition) is 3. The minimum atomic E-state index is -0.240. The summed E-state index contributed by atoms with van der Waals surface area (Å²) in [5.74, 6) is -0.217. The molecule has 1 aromatic carbocycles. The fourth-order valence-electron chi connectivity index (χ4n) is 2.25. The van der Waals surface area contributed by atoms with Gasteiger partial charge in [-0.15, -0.1) is 0 Å². The number of nitrogens with zero attached hydrogens (tertiary/aromatic N) is 1. The highest BCUT2D eigenvalue weighted by atomic mass is 16.5. The highest BCUT2D eigenvalue weighted by Gasteiger charge is 2.33. The van der Waals surface area contributed by atoms with E-state index in [4.69, 9.17) is 4.74 Å². The lowest BCUT2D eigenvalue weighted by molar-refractivity contribution is -0.143. The van der Waals surface area contributed by atoms with Crippen molar-refractivity contribution in [3.8, 4) is 0 Å². The second-order valence-corrected chi connectivity index (χ2v) is 5.10. The SMILES string of the molecule is CCOC(=O)CCN(C(=O)c1ccccc1C)C1CC1. The highest BCUT2D eigenvalue weighted by Crippen LogP contribution is 2.29. The Bertz CT molecular complexity index is 494. The van der Waals surface area contributed by atoms with Gasteiger partial charge >= 0.3 is 5.97 Å². The fraction of sp³-hybridized carbons (Fsp3) is 0.500. The van der Waals surface area contributed by atoms with Gasteiger partial charge in [0.25, 0.3) is 5.91 Å². The van der Waals surface area contributed by atoms with E-state index in [-0.39, 0.29) is 24.3 Å². The molecule has 1 aliphatic rings. The smallest absolute Gasteiger partial charge is 0.307 e. The normalized spacial score (nSPS) is 13.9. The van der Waals surface area contributed by atoms with E-state index >= 15 is 0 Å². The molecule has 2 rings (SSSR count). The van der Waals surface area contributed by atoms with Crippen LogP contribution >= 0.6 is 0 Å². The number of amides is 1. The standard InChI is InChI=1S/C16H21NO3/c1-3-20-15(18)10-11-17(13-8-9-13)16(19)14-7-5-4-6-12(14)2/h4-7,13H,3,8-11H2,1-2H3. The Labute approximate surface area is 119 Å². The first-order valence-corrected chi connectivity index (χ1v) is 7.15. The molecule has 0 bridgehead atoms. The van der Waals surface area contributed by atoms with E-state index < -0.39 is 0 Å². The van der Waals surface area contributed by atoms with Crippen LogP contribution < -0.4 is 0 Å². The minimum Gasteiger partial charge on any atom is -0.466 e. The van der Waals surface area contributed by atoms with E-state index in [1.807, 2.05) is 36.1 Å². The Morgan fingerprint density at radius 1 is 1.30 bits per heavy atom. The Morgan fingerprint density at radius 2 is 2.00 bits per heavy atom. The van der Waals surface area contributed by atoms with E-state index in [0.717, 1.165) is 24.0 Å². The minimum absolute atomic E-state index is 0.0231. The van der Waals surface area contributed by atoms with Crippen LogP contribution in [0.3, 0.4) is 0 Å². The van der Waals surface area contributed by atoms with Crippen molar-refractivity contribution in [1.29, 1.82) is 0 Å². The van der Waals surface area contributed by atoms with Gasteiger partial charge in [-0.3, -0.25) is 9.59 Å². The summed E-state index contributed by atoms with van der Waals surface area (Å²) in [6, 6.07) is 7.86. The number of rotatable bonds is 6. The summed E-state index contributed by atoms with van der Waals surface area (Å²) in [7, 11) is 0. The zero-order valence-electron chi connectivity index (χ0n) is 12.1. The molecule has 1 amide bonds. The first-order chi connectivity index (χ1) is 9.63. The van der Waals surface area contributed by atoms with Gasteiger partial charge in [0.2, 0.25) is 0 Å². The predicted molar refractivity (Wildman–Crippen MR) is 76.5 cm³/mol.